The topological polar surface area (TPSA) is 68.3 Å². The summed E-state index contributed by atoms with van der Waals surface area (Å²) in [5, 5.41) is 0. The molecule has 6 heteroatoms. The van der Waals surface area contributed by atoms with Crippen molar-refractivity contribution < 1.29 is 13.2 Å². The minimum Gasteiger partial charge on any atom is -0.496 e. The van der Waals surface area contributed by atoms with Gasteiger partial charge in [-0.05, 0) is 49.2 Å². The summed E-state index contributed by atoms with van der Waals surface area (Å²) in [6.07, 6.45) is 3.30. The molecule has 0 fully saturated rings. The van der Waals surface area contributed by atoms with Crippen LogP contribution in [-0.2, 0) is 10.0 Å². The van der Waals surface area contributed by atoms with Crippen molar-refractivity contribution in [1.29, 1.82) is 0 Å². The van der Waals surface area contributed by atoms with Gasteiger partial charge in [0.05, 0.1) is 12.0 Å². The van der Waals surface area contributed by atoms with Crippen molar-refractivity contribution in [3.8, 4) is 5.75 Å². The first kappa shape index (κ1) is 15.5. The van der Waals surface area contributed by atoms with E-state index in [1.165, 1.54) is 6.07 Å². The molecule has 0 bridgehead atoms. The van der Waals surface area contributed by atoms with Gasteiger partial charge in [0.15, 0.2) is 0 Å². The Hall–Kier alpha value is -1.92. The molecule has 112 valence electrons. The van der Waals surface area contributed by atoms with Crippen LogP contribution in [-0.4, -0.2) is 20.5 Å². The summed E-state index contributed by atoms with van der Waals surface area (Å²) in [7, 11) is -2.03. The number of nitrogens with zero attached hydrogens (tertiary/aromatic N) is 1. The molecular weight excluding hydrogens is 288 g/mol. The lowest BCUT2D eigenvalue weighted by atomic mass is 10.2. The fourth-order valence-electron chi connectivity index (χ4n) is 2.02. The molecular formula is C15H18N2O3S. The van der Waals surface area contributed by atoms with E-state index >= 15 is 0 Å². The van der Waals surface area contributed by atoms with Crippen LogP contribution in [0, 0.1) is 6.92 Å². The second kappa shape index (κ2) is 6.24. The van der Waals surface area contributed by atoms with Gasteiger partial charge in [-0.3, -0.25) is 4.98 Å². The molecule has 0 aliphatic heterocycles. The zero-order chi connectivity index (χ0) is 15.5. The highest BCUT2D eigenvalue weighted by Crippen LogP contribution is 2.22. The van der Waals surface area contributed by atoms with Crippen LogP contribution < -0.4 is 9.46 Å². The van der Waals surface area contributed by atoms with Gasteiger partial charge in [-0.15, -0.1) is 0 Å². The highest BCUT2D eigenvalue weighted by Gasteiger charge is 2.19. The number of hydrogen-bond acceptors (Lipinski definition) is 4. The molecule has 2 aromatic rings. The largest absolute Gasteiger partial charge is 0.496 e. The van der Waals surface area contributed by atoms with Gasteiger partial charge in [0.2, 0.25) is 10.0 Å². The normalized spacial score (nSPS) is 12.9. The summed E-state index contributed by atoms with van der Waals surface area (Å²) < 4.78 is 32.6. The zero-order valence-corrected chi connectivity index (χ0v) is 13.0. The smallest absolute Gasteiger partial charge is 0.241 e. The minimum absolute atomic E-state index is 0.219. The fourth-order valence-corrected chi connectivity index (χ4v) is 3.34. The van der Waals surface area contributed by atoms with Crippen LogP contribution in [0.25, 0.3) is 0 Å². The summed E-state index contributed by atoms with van der Waals surface area (Å²) >= 11 is 0. The Labute approximate surface area is 125 Å². The maximum Gasteiger partial charge on any atom is 0.241 e. The number of benzene rings is 1. The Morgan fingerprint density at radius 2 is 2.05 bits per heavy atom. The monoisotopic (exact) mass is 306 g/mol. The van der Waals surface area contributed by atoms with Gasteiger partial charge in [-0.2, -0.15) is 0 Å². The molecule has 0 amide bonds. The summed E-state index contributed by atoms with van der Waals surface area (Å²) in [6, 6.07) is 8.03. The highest BCUT2D eigenvalue weighted by molar-refractivity contribution is 7.89. The summed E-state index contributed by atoms with van der Waals surface area (Å²) in [4.78, 5) is 4.21. The molecule has 1 N–H and O–H groups in total. The van der Waals surface area contributed by atoms with Crippen molar-refractivity contribution in [3.05, 3.63) is 53.9 Å². The molecule has 1 aromatic carbocycles. The summed E-state index contributed by atoms with van der Waals surface area (Å²) in [5.74, 6) is 0.661. The number of aryl methyl sites for hydroxylation is 1. The van der Waals surface area contributed by atoms with Crippen molar-refractivity contribution in [1.82, 2.24) is 9.71 Å². The number of sulfonamides is 1. The van der Waals surface area contributed by atoms with E-state index in [9.17, 15) is 8.42 Å². The number of rotatable bonds is 5. The SMILES string of the molecule is COc1ccc(S(=O)(=O)N[C@H](C)c2cccnc2)cc1C. The maximum atomic E-state index is 12.4. The van der Waals surface area contributed by atoms with Gasteiger partial charge in [0.25, 0.3) is 0 Å². The molecule has 0 saturated heterocycles. The molecule has 0 aliphatic carbocycles. The van der Waals surface area contributed by atoms with Crippen molar-refractivity contribution in [2.75, 3.05) is 7.11 Å². The quantitative estimate of drug-likeness (QED) is 0.921. The number of methoxy groups -OCH3 is 1. The van der Waals surface area contributed by atoms with E-state index < -0.39 is 10.0 Å². The van der Waals surface area contributed by atoms with E-state index in [0.717, 1.165) is 11.1 Å². The lowest BCUT2D eigenvalue weighted by molar-refractivity contribution is 0.411. The Bertz CT molecular complexity index is 715. The van der Waals surface area contributed by atoms with Crippen molar-refractivity contribution in [3.63, 3.8) is 0 Å². The molecule has 0 saturated carbocycles. The minimum atomic E-state index is -3.59. The van der Waals surface area contributed by atoms with E-state index in [2.05, 4.69) is 9.71 Å². The molecule has 1 aromatic heterocycles. The number of ether oxygens (including phenoxy) is 1. The van der Waals surface area contributed by atoms with E-state index in [1.807, 2.05) is 13.0 Å². The number of aromatic nitrogens is 1. The molecule has 0 aliphatic rings. The van der Waals surface area contributed by atoms with Gasteiger partial charge in [-0.1, -0.05) is 6.07 Å². The van der Waals surface area contributed by atoms with E-state index in [-0.39, 0.29) is 10.9 Å². The molecule has 21 heavy (non-hydrogen) atoms. The molecule has 1 heterocycles. The van der Waals surface area contributed by atoms with Gasteiger partial charge >= 0.3 is 0 Å². The van der Waals surface area contributed by atoms with Crippen molar-refractivity contribution in [2.24, 2.45) is 0 Å². The first-order valence-electron chi connectivity index (χ1n) is 6.51. The number of nitrogens with one attached hydrogen (secondary N) is 1. The Balaban J connectivity index is 2.24. The first-order chi connectivity index (χ1) is 9.94. The van der Waals surface area contributed by atoms with Crippen LogP contribution in [0.1, 0.15) is 24.1 Å². The van der Waals surface area contributed by atoms with Crippen LogP contribution >= 0.6 is 0 Å². The molecule has 2 rings (SSSR count). The van der Waals surface area contributed by atoms with Gasteiger partial charge < -0.3 is 4.74 Å². The second-order valence-electron chi connectivity index (χ2n) is 4.76. The Morgan fingerprint density at radius 1 is 1.29 bits per heavy atom. The molecule has 0 radical (unpaired) electrons. The molecule has 5 nitrogen and oxygen atoms in total. The average molecular weight is 306 g/mol. The van der Waals surface area contributed by atoms with Crippen LogP contribution in [0.15, 0.2) is 47.6 Å². The number of pyridine rings is 1. The highest BCUT2D eigenvalue weighted by atomic mass is 32.2. The Kier molecular flexibility index (Phi) is 4.59. The van der Waals surface area contributed by atoms with Crippen molar-refractivity contribution in [2.45, 2.75) is 24.8 Å². The zero-order valence-electron chi connectivity index (χ0n) is 12.2. The first-order valence-corrected chi connectivity index (χ1v) is 7.99. The molecule has 0 unspecified atom stereocenters. The lowest BCUT2D eigenvalue weighted by Gasteiger charge is -2.15. The third-order valence-corrected chi connectivity index (χ3v) is 4.73. The van der Waals surface area contributed by atoms with E-state index in [1.54, 1.807) is 44.6 Å². The average Bonchev–Trinajstić information content (AvgIpc) is 2.47. The van der Waals surface area contributed by atoms with Crippen LogP contribution in [0.4, 0.5) is 0 Å². The fraction of sp³-hybridized carbons (Fsp3) is 0.267. The number of hydrogen-bond donors (Lipinski definition) is 1. The van der Waals surface area contributed by atoms with E-state index in [4.69, 9.17) is 4.74 Å². The third-order valence-electron chi connectivity index (χ3n) is 3.19. The predicted molar refractivity (Wildman–Crippen MR) is 80.7 cm³/mol. The van der Waals surface area contributed by atoms with Crippen LogP contribution in [0.3, 0.4) is 0 Å². The van der Waals surface area contributed by atoms with Crippen molar-refractivity contribution >= 4 is 10.0 Å². The van der Waals surface area contributed by atoms with Gasteiger partial charge in [-0.25, -0.2) is 13.1 Å². The van der Waals surface area contributed by atoms with Gasteiger partial charge in [0, 0.05) is 18.4 Å². The Morgan fingerprint density at radius 3 is 2.62 bits per heavy atom. The summed E-state index contributed by atoms with van der Waals surface area (Å²) in [5.41, 5.74) is 1.58. The summed E-state index contributed by atoms with van der Waals surface area (Å²) in [6.45, 7) is 3.59. The third kappa shape index (κ3) is 3.59. The maximum absolute atomic E-state index is 12.4. The van der Waals surface area contributed by atoms with E-state index in [0.29, 0.717) is 5.75 Å². The molecule has 0 spiro atoms. The second-order valence-corrected chi connectivity index (χ2v) is 6.47. The van der Waals surface area contributed by atoms with Crippen LogP contribution in [0.5, 0.6) is 5.75 Å². The molecule has 1 atom stereocenters. The standard InChI is InChI=1S/C15H18N2O3S/c1-11-9-14(6-7-15(11)20-3)21(18,19)17-12(2)13-5-4-8-16-10-13/h4-10,12,17H,1-3H3/t12-/m1/s1. The van der Waals surface area contributed by atoms with Crippen LogP contribution in [0.2, 0.25) is 0 Å². The van der Waals surface area contributed by atoms with Gasteiger partial charge in [0.1, 0.15) is 5.75 Å². The predicted octanol–water partition coefficient (Wildman–Crippen LogP) is 2.44. The lowest BCUT2D eigenvalue weighted by Crippen LogP contribution is -2.27.